The van der Waals surface area contributed by atoms with Gasteiger partial charge in [-0.3, -0.25) is 4.98 Å². The van der Waals surface area contributed by atoms with Gasteiger partial charge < -0.3 is 20.9 Å². The topological polar surface area (TPSA) is 80.4 Å². The number of aliphatic hydroxyl groups is 1. The maximum Gasteiger partial charge on any atom is 0.0736 e. The second-order valence-corrected chi connectivity index (χ2v) is 3.27. The molecule has 0 spiro atoms. The summed E-state index contributed by atoms with van der Waals surface area (Å²) >= 11 is 0. The monoisotopic (exact) mass is 211 g/mol. The van der Waals surface area contributed by atoms with Gasteiger partial charge in [0, 0.05) is 19.9 Å². The number of hydrogen-bond acceptors (Lipinski definition) is 5. The molecular weight excluding hydrogens is 194 g/mol. The maximum absolute atomic E-state index is 8.87. The summed E-state index contributed by atoms with van der Waals surface area (Å²) in [5.41, 5.74) is 7.15. The number of methoxy groups -OCH3 is 1. The lowest BCUT2D eigenvalue weighted by molar-refractivity contribution is 0.170. The molecule has 1 heterocycles. The quantitative estimate of drug-likeness (QED) is 0.637. The average Bonchev–Trinajstić information content (AvgIpc) is 2.22. The van der Waals surface area contributed by atoms with Crippen LogP contribution in [-0.2, 0) is 4.74 Å². The summed E-state index contributed by atoms with van der Waals surface area (Å²) in [6.45, 7) is 0.647. The van der Waals surface area contributed by atoms with Gasteiger partial charge in [-0.25, -0.2) is 0 Å². The van der Waals surface area contributed by atoms with Crippen molar-refractivity contribution in [1.29, 1.82) is 0 Å². The summed E-state index contributed by atoms with van der Waals surface area (Å²) < 4.78 is 5.04. The molecule has 0 aliphatic heterocycles. The van der Waals surface area contributed by atoms with E-state index in [0.29, 0.717) is 18.7 Å². The first-order chi connectivity index (χ1) is 7.27. The molecule has 84 valence electrons. The normalized spacial score (nSPS) is 12.4. The fourth-order valence-corrected chi connectivity index (χ4v) is 1.31. The Labute approximate surface area is 89.3 Å². The van der Waals surface area contributed by atoms with Crippen LogP contribution in [0, 0.1) is 0 Å². The highest BCUT2D eigenvalue weighted by Crippen LogP contribution is 2.17. The SMILES string of the molecule is COCC(CCO)Nc1ccncc1N. The standard InChI is InChI=1S/C10H17N3O2/c1-15-7-8(3-5-14)13-10-2-4-12-6-9(10)11/h2,4,6,8,14H,3,5,7,11H2,1H3,(H,12,13). The van der Waals surface area contributed by atoms with E-state index in [1.807, 2.05) is 0 Å². The molecule has 1 atom stereocenters. The van der Waals surface area contributed by atoms with Gasteiger partial charge in [0.2, 0.25) is 0 Å². The number of nitrogens with one attached hydrogen (secondary N) is 1. The molecule has 0 aromatic carbocycles. The molecule has 0 saturated carbocycles. The van der Waals surface area contributed by atoms with E-state index in [4.69, 9.17) is 15.6 Å². The molecule has 0 fully saturated rings. The molecule has 0 bridgehead atoms. The van der Waals surface area contributed by atoms with Gasteiger partial charge in [-0.2, -0.15) is 0 Å². The number of anilines is 2. The third kappa shape index (κ3) is 3.73. The van der Waals surface area contributed by atoms with Gasteiger partial charge in [0.15, 0.2) is 0 Å². The number of rotatable bonds is 6. The molecule has 0 amide bonds. The molecule has 1 rings (SSSR count). The molecule has 1 aromatic heterocycles. The van der Waals surface area contributed by atoms with Crippen LogP contribution in [0.1, 0.15) is 6.42 Å². The molecule has 1 unspecified atom stereocenters. The van der Waals surface area contributed by atoms with Gasteiger partial charge in [-0.1, -0.05) is 0 Å². The van der Waals surface area contributed by atoms with E-state index in [-0.39, 0.29) is 12.6 Å². The number of aromatic nitrogens is 1. The number of nitrogens with zero attached hydrogens (tertiary/aromatic N) is 1. The minimum Gasteiger partial charge on any atom is -0.396 e. The van der Waals surface area contributed by atoms with E-state index in [1.54, 1.807) is 25.6 Å². The lowest BCUT2D eigenvalue weighted by atomic mass is 10.2. The van der Waals surface area contributed by atoms with E-state index in [2.05, 4.69) is 10.3 Å². The Balaban J connectivity index is 2.60. The first-order valence-electron chi connectivity index (χ1n) is 4.83. The van der Waals surface area contributed by atoms with Crippen LogP contribution < -0.4 is 11.1 Å². The van der Waals surface area contributed by atoms with Crippen LogP contribution in [0.4, 0.5) is 11.4 Å². The second kappa shape index (κ2) is 6.21. The fraction of sp³-hybridized carbons (Fsp3) is 0.500. The highest BCUT2D eigenvalue weighted by atomic mass is 16.5. The molecular formula is C10H17N3O2. The van der Waals surface area contributed by atoms with Crippen molar-refractivity contribution >= 4 is 11.4 Å². The van der Waals surface area contributed by atoms with E-state index in [1.165, 1.54) is 0 Å². The molecule has 0 aliphatic carbocycles. The summed E-state index contributed by atoms with van der Waals surface area (Å²) in [7, 11) is 1.63. The van der Waals surface area contributed by atoms with Crippen LogP contribution in [0.25, 0.3) is 0 Å². The lowest BCUT2D eigenvalue weighted by Gasteiger charge is -2.18. The van der Waals surface area contributed by atoms with Crippen LogP contribution >= 0.6 is 0 Å². The van der Waals surface area contributed by atoms with Crippen LogP contribution in [0.2, 0.25) is 0 Å². The summed E-state index contributed by atoms with van der Waals surface area (Å²) in [5, 5.41) is 12.1. The highest BCUT2D eigenvalue weighted by Gasteiger charge is 2.08. The Morgan fingerprint density at radius 1 is 1.67 bits per heavy atom. The van der Waals surface area contributed by atoms with Crippen LogP contribution in [-0.4, -0.2) is 36.5 Å². The van der Waals surface area contributed by atoms with E-state index in [9.17, 15) is 0 Å². The number of pyridine rings is 1. The van der Waals surface area contributed by atoms with E-state index in [0.717, 1.165) is 5.69 Å². The third-order valence-electron chi connectivity index (χ3n) is 2.06. The zero-order chi connectivity index (χ0) is 11.1. The lowest BCUT2D eigenvalue weighted by Crippen LogP contribution is -2.26. The molecule has 15 heavy (non-hydrogen) atoms. The largest absolute Gasteiger partial charge is 0.396 e. The molecule has 5 heteroatoms. The average molecular weight is 211 g/mol. The highest BCUT2D eigenvalue weighted by molar-refractivity contribution is 5.64. The summed E-state index contributed by atoms with van der Waals surface area (Å²) in [4.78, 5) is 3.90. The molecule has 5 nitrogen and oxygen atoms in total. The van der Waals surface area contributed by atoms with Crippen LogP contribution in [0.3, 0.4) is 0 Å². The number of ether oxygens (including phenoxy) is 1. The first kappa shape index (κ1) is 11.7. The van der Waals surface area contributed by atoms with E-state index >= 15 is 0 Å². The fourth-order valence-electron chi connectivity index (χ4n) is 1.31. The van der Waals surface area contributed by atoms with Gasteiger partial charge in [-0.15, -0.1) is 0 Å². The van der Waals surface area contributed by atoms with Crippen molar-refractivity contribution in [2.24, 2.45) is 0 Å². The zero-order valence-corrected chi connectivity index (χ0v) is 8.81. The van der Waals surface area contributed by atoms with Crippen molar-refractivity contribution in [2.75, 3.05) is 31.4 Å². The molecule has 0 aliphatic rings. The zero-order valence-electron chi connectivity index (χ0n) is 8.81. The second-order valence-electron chi connectivity index (χ2n) is 3.27. The Hall–Kier alpha value is -1.33. The van der Waals surface area contributed by atoms with Crippen molar-refractivity contribution < 1.29 is 9.84 Å². The Morgan fingerprint density at radius 2 is 2.47 bits per heavy atom. The molecule has 0 radical (unpaired) electrons. The van der Waals surface area contributed by atoms with Crippen LogP contribution in [0.5, 0.6) is 0 Å². The number of nitrogen functional groups attached to an aromatic ring is 1. The number of aliphatic hydroxyl groups excluding tert-OH is 1. The van der Waals surface area contributed by atoms with Gasteiger partial charge in [-0.05, 0) is 12.5 Å². The Bertz CT molecular complexity index is 288. The summed E-state index contributed by atoms with van der Waals surface area (Å²) in [6.07, 6.45) is 3.88. The van der Waals surface area contributed by atoms with Gasteiger partial charge in [0.25, 0.3) is 0 Å². The number of nitrogens with two attached hydrogens (primary N) is 1. The van der Waals surface area contributed by atoms with Gasteiger partial charge >= 0.3 is 0 Å². The molecule has 1 aromatic rings. The Morgan fingerprint density at radius 3 is 3.07 bits per heavy atom. The first-order valence-corrected chi connectivity index (χ1v) is 4.83. The van der Waals surface area contributed by atoms with Crippen LogP contribution in [0.15, 0.2) is 18.5 Å². The van der Waals surface area contributed by atoms with Gasteiger partial charge in [0.05, 0.1) is 30.2 Å². The minimum atomic E-state index is 0.0599. The van der Waals surface area contributed by atoms with Crippen molar-refractivity contribution in [1.82, 2.24) is 4.98 Å². The smallest absolute Gasteiger partial charge is 0.0736 e. The maximum atomic E-state index is 8.87. The van der Waals surface area contributed by atoms with Crippen molar-refractivity contribution in [3.05, 3.63) is 18.5 Å². The minimum absolute atomic E-state index is 0.0599. The summed E-state index contributed by atoms with van der Waals surface area (Å²) in [6, 6.07) is 1.86. The van der Waals surface area contributed by atoms with Crippen molar-refractivity contribution in [3.8, 4) is 0 Å². The van der Waals surface area contributed by atoms with Gasteiger partial charge in [0.1, 0.15) is 0 Å². The molecule has 4 N–H and O–H groups in total. The third-order valence-corrected chi connectivity index (χ3v) is 2.06. The van der Waals surface area contributed by atoms with Crippen molar-refractivity contribution in [3.63, 3.8) is 0 Å². The Kier molecular flexibility index (Phi) is 4.86. The number of hydrogen-bond donors (Lipinski definition) is 3. The van der Waals surface area contributed by atoms with Crippen molar-refractivity contribution in [2.45, 2.75) is 12.5 Å². The van der Waals surface area contributed by atoms with E-state index < -0.39 is 0 Å². The summed E-state index contributed by atoms with van der Waals surface area (Å²) in [5.74, 6) is 0. The predicted molar refractivity (Wildman–Crippen MR) is 59.6 cm³/mol. The molecule has 0 saturated heterocycles. The predicted octanol–water partition coefficient (Wildman–Crippen LogP) is 0.473.